The molecule has 1 saturated heterocycles. The minimum Gasteiger partial charge on any atom is -0.480 e. The predicted octanol–water partition coefficient (Wildman–Crippen LogP) is 4.62. The second-order valence-electron chi connectivity index (χ2n) is 6.65. The number of aliphatic carboxylic acids is 1. The molecule has 1 unspecified atom stereocenters. The van der Waals surface area contributed by atoms with Crippen molar-refractivity contribution in [1.29, 1.82) is 0 Å². The van der Waals surface area contributed by atoms with Crippen molar-refractivity contribution in [2.75, 3.05) is 0 Å². The molecule has 1 N–H and O–H groups in total. The molecule has 1 aliphatic rings. The van der Waals surface area contributed by atoms with Crippen LogP contribution in [0.3, 0.4) is 0 Å². The number of amides is 1. The number of aryl methyl sites for hydroxylation is 1. The highest BCUT2D eigenvalue weighted by atomic mass is 32.2. The number of furan rings is 1. The molecular weight excluding hydrogens is 428 g/mol. The van der Waals surface area contributed by atoms with Crippen LogP contribution in [0.15, 0.2) is 39.7 Å². The SMILES string of the molecule is CCCC(C(=O)O)N1C(=O)C(=Cc2ccc(-c3ccc(C)c([N+](=O)[O-])c3)o2)SC1=S. The number of carbonyl (C=O) groups is 2. The fourth-order valence-electron chi connectivity index (χ4n) is 3.06. The van der Waals surface area contributed by atoms with E-state index in [1.54, 1.807) is 31.2 Å². The third kappa shape index (κ3) is 4.29. The van der Waals surface area contributed by atoms with Crippen LogP contribution in [0.4, 0.5) is 5.69 Å². The molecule has 3 rings (SSSR count). The van der Waals surface area contributed by atoms with E-state index in [1.807, 2.05) is 6.92 Å². The Morgan fingerprint density at radius 3 is 2.77 bits per heavy atom. The lowest BCUT2D eigenvalue weighted by atomic mass is 10.1. The average molecular weight is 447 g/mol. The summed E-state index contributed by atoms with van der Waals surface area (Å²) in [5, 5.41) is 20.6. The molecular formula is C20H18N2O6S2. The van der Waals surface area contributed by atoms with E-state index in [2.05, 4.69) is 0 Å². The van der Waals surface area contributed by atoms with Crippen molar-refractivity contribution in [2.45, 2.75) is 32.7 Å². The van der Waals surface area contributed by atoms with Crippen LogP contribution in [0.25, 0.3) is 17.4 Å². The molecule has 156 valence electrons. The quantitative estimate of drug-likeness (QED) is 0.284. The number of rotatable bonds is 7. The Kier molecular flexibility index (Phi) is 6.37. The Morgan fingerprint density at radius 2 is 2.13 bits per heavy atom. The Balaban J connectivity index is 1.87. The third-order valence-corrected chi connectivity index (χ3v) is 5.90. The molecule has 8 nitrogen and oxygen atoms in total. The van der Waals surface area contributed by atoms with Crippen molar-refractivity contribution in [3.05, 3.63) is 56.7 Å². The van der Waals surface area contributed by atoms with Gasteiger partial charge >= 0.3 is 5.97 Å². The van der Waals surface area contributed by atoms with E-state index in [-0.39, 0.29) is 14.9 Å². The van der Waals surface area contributed by atoms with Crippen LogP contribution in [0.2, 0.25) is 0 Å². The number of carboxylic acids is 1. The molecule has 1 atom stereocenters. The molecule has 1 aromatic carbocycles. The van der Waals surface area contributed by atoms with Crippen LogP contribution in [0.5, 0.6) is 0 Å². The van der Waals surface area contributed by atoms with Crippen LogP contribution in [0.1, 0.15) is 31.1 Å². The summed E-state index contributed by atoms with van der Waals surface area (Å²) in [5.74, 6) is -0.809. The Morgan fingerprint density at radius 1 is 1.40 bits per heavy atom. The number of thioether (sulfide) groups is 1. The van der Waals surface area contributed by atoms with Gasteiger partial charge in [-0.1, -0.05) is 49.5 Å². The van der Waals surface area contributed by atoms with Gasteiger partial charge in [-0.25, -0.2) is 4.79 Å². The Bertz CT molecular complexity index is 1070. The van der Waals surface area contributed by atoms with Gasteiger partial charge in [-0.2, -0.15) is 0 Å². The van der Waals surface area contributed by atoms with Crippen LogP contribution in [-0.2, 0) is 9.59 Å². The zero-order chi connectivity index (χ0) is 22.0. The number of carboxylic acid groups (broad SMARTS) is 1. The van der Waals surface area contributed by atoms with E-state index < -0.39 is 22.8 Å². The summed E-state index contributed by atoms with van der Waals surface area (Å²) < 4.78 is 5.93. The number of hydrogen-bond acceptors (Lipinski definition) is 7. The number of thiocarbonyl (C=S) groups is 1. The van der Waals surface area contributed by atoms with E-state index in [0.29, 0.717) is 35.5 Å². The zero-order valence-electron chi connectivity index (χ0n) is 16.2. The summed E-state index contributed by atoms with van der Waals surface area (Å²) in [6, 6.07) is 7.06. The fraction of sp³-hybridized carbons (Fsp3) is 0.250. The topological polar surface area (TPSA) is 114 Å². The first kappa shape index (κ1) is 21.7. The van der Waals surface area contributed by atoms with Crippen molar-refractivity contribution in [1.82, 2.24) is 4.90 Å². The van der Waals surface area contributed by atoms with Gasteiger partial charge in [-0.3, -0.25) is 19.8 Å². The Hall–Kier alpha value is -2.98. The van der Waals surface area contributed by atoms with Crippen molar-refractivity contribution in [2.24, 2.45) is 0 Å². The average Bonchev–Trinajstić information content (AvgIpc) is 3.25. The smallest absolute Gasteiger partial charge is 0.326 e. The molecule has 10 heteroatoms. The van der Waals surface area contributed by atoms with Crippen LogP contribution in [-0.4, -0.2) is 37.2 Å². The molecule has 0 aliphatic carbocycles. The molecule has 30 heavy (non-hydrogen) atoms. The molecule has 0 bridgehead atoms. The highest BCUT2D eigenvalue weighted by molar-refractivity contribution is 8.26. The van der Waals surface area contributed by atoms with Crippen LogP contribution < -0.4 is 0 Å². The monoisotopic (exact) mass is 446 g/mol. The molecule has 2 heterocycles. The predicted molar refractivity (Wildman–Crippen MR) is 117 cm³/mol. The highest BCUT2D eigenvalue weighted by Gasteiger charge is 2.40. The lowest BCUT2D eigenvalue weighted by Gasteiger charge is -2.22. The molecule has 2 aromatic rings. The van der Waals surface area contributed by atoms with E-state index in [0.717, 1.165) is 16.7 Å². The molecule has 1 aromatic heterocycles. The molecule has 1 aliphatic heterocycles. The summed E-state index contributed by atoms with van der Waals surface area (Å²) in [5.41, 5.74) is 1.06. The van der Waals surface area contributed by atoms with Gasteiger partial charge in [0.15, 0.2) is 0 Å². The molecule has 0 spiro atoms. The van der Waals surface area contributed by atoms with Crippen molar-refractivity contribution in [3.63, 3.8) is 0 Å². The minimum atomic E-state index is -1.10. The maximum Gasteiger partial charge on any atom is 0.326 e. The van der Waals surface area contributed by atoms with E-state index in [9.17, 15) is 24.8 Å². The van der Waals surface area contributed by atoms with Gasteiger partial charge in [0.2, 0.25) is 0 Å². The van der Waals surface area contributed by atoms with Crippen molar-refractivity contribution in [3.8, 4) is 11.3 Å². The van der Waals surface area contributed by atoms with E-state index in [1.165, 1.54) is 12.1 Å². The second kappa shape index (κ2) is 8.80. The normalized spacial score (nSPS) is 16.3. The highest BCUT2D eigenvalue weighted by Crippen LogP contribution is 2.36. The summed E-state index contributed by atoms with van der Waals surface area (Å²) in [6.45, 7) is 3.49. The number of carbonyl (C=O) groups excluding carboxylic acids is 1. The number of hydrogen-bond donors (Lipinski definition) is 1. The van der Waals surface area contributed by atoms with Crippen molar-refractivity contribution >= 4 is 51.9 Å². The maximum atomic E-state index is 12.7. The van der Waals surface area contributed by atoms with Gasteiger partial charge in [0.05, 0.1) is 9.83 Å². The first-order valence-corrected chi connectivity index (χ1v) is 10.3. The van der Waals surface area contributed by atoms with Gasteiger partial charge in [0.1, 0.15) is 21.9 Å². The number of nitrogens with zero attached hydrogens (tertiary/aromatic N) is 2. The summed E-state index contributed by atoms with van der Waals surface area (Å²) in [4.78, 5) is 36.4. The summed E-state index contributed by atoms with van der Waals surface area (Å²) >= 11 is 6.24. The fourth-order valence-corrected chi connectivity index (χ4v) is 4.40. The molecule has 1 fully saturated rings. The van der Waals surface area contributed by atoms with Gasteiger partial charge in [0, 0.05) is 23.3 Å². The largest absolute Gasteiger partial charge is 0.480 e. The number of nitro groups is 1. The molecule has 0 radical (unpaired) electrons. The summed E-state index contributed by atoms with van der Waals surface area (Å²) in [7, 11) is 0. The Labute approximate surface area is 181 Å². The zero-order valence-corrected chi connectivity index (χ0v) is 17.8. The number of benzene rings is 1. The lowest BCUT2D eigenvalue weighted by Crippen LogP contribution is -2.43. The van der Waals surface area contributed by atoms with Gasteiger partial charge in [0.25, 0.3) is 11.6 Å². The van der Waals surface area contributed by atoms with Gasteiger partial charge < -0.3 is 9.52 Å². The van der Waals surface area contributed by atoms with Crippen LogP contribution >= 0.6 is 24.0 Å². The minimum absolute atomic E-state index is 0.0121. The molecule has 1 amide bonds. The molecule has 0 saturated carbocycles. The van der Waals surface area contributed by atoms with Gasteiger partial charge in [-0.05, 0) is 25.5 Å². The maximum absolute atomic E-state index is 12.7. The number of nitro benzene ring substituents is 1. The lowest BCUT2D eigenvalue weighted by molar-refractivity contribution is -0.385. The van der Waals surface area contributed by atoms with E-state index in [4.69, 9.17) is 16.6 Å². The van der Waals surface area contributed by atoms with Gasteiger partial charge in [-0.15, -0.1) is 0 Å². The first-order valence-electron chi connectivity index (χ1n) is 9.08. The van der Waals surface area contributed by atoms with E-state index >= 15 is 0 Å². The first-order chi connectivity index (χ1) is 14.2. The van der Waals surface area contributed by atoms with Crippen molar-refractivity contribution < 1.29 is 24.0 Å². The standard InChI is InChI=1S/C20H18N2O6S2/c1-3-4-14(19(24)25)21-18(23)17(30-20(21)29)10-13-7-8-16(28-13)12-6-5-11(2)15(9-12)22(26)27/h5-10,14H,3-4H2,1-2H3,(H,24,25). The third-order valence-electron chi connectivity index (χ3n) is 4.57. The van der Waals surface area contributed by atoms with Crippen LogP contribution in [0, 0.1) is 17.0 Å². The second-order valence-corrected chi connectivity index (χ2v) is 8.33. The summed E-state index contributed by atoms with van der Waals surface area (Å²) in [6.07, 6.45) is 2.39.